The lowest BCUT2D eigenvalue weighted by Crippen LogP contribution is -2.18. The highest BCUT2D eigenvalue weighted by Gasteiger charge is 2.59. The van der Waals surface area contributed by atoms with Gasteiger partial charge in [-0.25, -0.2) is 4.39 Å². The average molecular weight is 288 g/mol. The van der Waals surface area contributed by atoms with E-state index in [1.54, 1.807) is 6.07 Å². The molecule has 21 heavy (non-hydrogen) atoms. The van der Waals surface area contributed by atoms with E-state index in [0.29, 0.717) is 11.5 Å². The van der Waals surface area contributed by atoms with Crippen molar-refractivity contribution in [3.05, 3.63) is 35.1 Å². The van der Waals surface area contributed by atoms with E-state index >= 15 is 0 Å². The third-order valence-electron chi connectivity index (χ3n) is 5.61. The Hall–Kier alpha value is -1.18. The molecule has 2 fully saturated rings. The summed E-state index contributed by atoms with van der Waals surface area (Å²) in [6, 6.07) is 5.13. The first kappa shape index (κ1) is 14.7. The molecule has 3 rings (SSSR count). The van der Waals surface area contributed by atoms with Crippen molar-refractivity contribution >= 4 is 5.78 Å². The predicted octanol–water partition coefficient (Wildman–Crippen LogP) is 5.18. The summed E-state index contributed by atoms with van der Waals surface area (Å²) in [6.45, 7) is 4.32. The number of carbonyl (C=O) groups is 1. The molecule has 3 unspecified atom stereocenters. The minimum absolute atomic E-state index is 0.149. The summed E-state index contributed by atoms with van der Waals surface area (Å²) in [5, 5.41) is 0. The summed E-state index contributed by atoms with van der Waals surface area (Å²) < 4.78 is 14.1. The Bertz CT molecular complexity index is 550. The van der Waals surface area contributed by atoms with Gasteiger partial charge in [0.2, 0.25) is 0 Å². The zero-order chi connectivity index (χ0) is 15.0. The smallest absolute Gasteiger partial charge is 0.169 e. The van der Waals surface area contributed by atoms with Crippen molar-refractivity contribution in [3.63, 3.8) is 0 Å². The highest BCUT2D eigenvalue weighted by atomic mass is 19.1. The van der Waals surface area contributed by atoms with Gasteiger partial charge in [-0.3, -0.25) is 4.79 Å². The largest absolute Gasteiger partial charge is 0.294 e. The lowest BCUT2D eigenvalue weighted by atomic mass is 9.87. The zero-order valence-corrected chi connectivity index (χ0v) is 13.1. The second kappa shape index (κ2) is 5.55. The van der Waals surface area contributed by atoms with Crippen molar-refractivity contribution in [1.29, 1.82) is 0 Å². The van der Waals surface area contributed by atoms with Crippen molar-refractivity contribution in [2.24, 2.45) is 17.3 Å². The maximum Gasteiger partial charge on any atom is 0.169 e. The SMILES string of the molecule is CCCc1ccc(C(=O)C23CCC(C)CCC2C3)cc1F. The summed E-state index contributed by atoms with van der Waals surface area (Å²) >= 11 is 0. The summed E-state index contributed by atoms with van der Waals surface area (Å²) in [5.41, 5.74) is 1.17. The van der Waals surface area contributed by atoms with Gasteiger partial charge in [-0.05, 0) is 55.6 Å². The van der Waals surface area contributed by atoms with E-state index in [0.717, 1.165) is 43.6 Å². The fourth-order valence-corrected chi connectivity index (χ4v) is 4.04. The molecule has 1 aromatic rings. The molecule has 1 nitrogen and oxygen atoms in total. The number of halogens is 1. The van der Waals surface area contributed by atoms with Crippen LogP contribution in [0.25, 0.3) is 0 Å². The van der Waals surface area contributed by atoms with Crippen molar-refractivity contribution in [2.45, 2.75) is 58.8 Å². The van der Waals surface area contributed by atoms with Gasteiger partial charge in [0.15, 0.2) is 5.78 Å². The van der Waals surface area contributed by atoms with Gasteiger partial charge < -0.3 is 0 Å². The Balaban J connectivity index is 1.81. The second-order valence-corrected chi connectivity index (χ2v) is 7.16. The summed E-state index contributed by atoms with van der Waals surface area (Å²) in [5.74, 6) is 1.27. The number of Topliss-reactive ketones (excluding diaryl/α,β-unsaturated/α-hetero) is 1. The van der Waals surface area contributed by atoms with Gasteiger partial charge in [-0.1, -0.05) is 38.8 Å². The van der Waals surface area contributed by atoms with Crippen LogP contribution in [0.15, 0.2) is 18.2 Å². The van der Waals surface area contributed by atoms with Crippen molar-refractivity contribution in [1.82, 2.24) is 0 Å². The minimum atomic E-state index is -0.210. The van der Waals surface area contributed by atoms with Gasteiger partial charge >= 0.3 is 0 Å². The molecule has 0 bridgehead atoms. The minimum Gasteiger partial charge on any atom is -0.294 e. The molecule has 0 N–H and O–H groups in total. The molecule has 0 saturated heterocycles. The molecule has 114 valence electrons. The Kier molecular flexibility index (Phi) is 3.90. The van der Waals surface area contributed by atoms with Crippen LogP contribution in [0.5, 0.6) is 0 Å². The number of hydrogen-bond acceptors (Lipinski definition) is 1. The summed E-state index contributed by atoms with van der Waals surface area (Å²) in [6.07, 6.45) is 7.23. The van der Waals surface area contributed by atoms with Gasteiger partial charge in [-0.15, -0.1) is 0 Å². The molecule has 0 radical (unpaired) electrons. The van der Waals surface area contributed by atoms with Crippen molar-refractivity contribution in [2.75, 3.05) is 0 Å². The molecular weight excluding hydrogens is 263 g/mol. The lowest BCUT2D eigenvalue weighted by Gasteiger charge is -2.16. The van der Waals surface area contributed by atoms with Crippen LogP contribution in [0.2, 0.25) is 0 Å². The molecule has 0 aliphatic heterocycles. The van der Waals surface area contributed by atoms with Crippen LogP contribution >= 0.6 is 0 Å². The molecule has 0 spiro atoms. The van der Waals surface area contributed by atoms with E-state index in [9.17, 15) is 9.18 Å². The maximum absolute atomic E-state index is 14.1. The number of rotatable bonds is 4. The number of carbonyl (C=O) groups excluding carboxylic acids is 1. The van der Waals surface area contributed by atoms with Crippen LogP contribution in [0.4, 0.5) is 4.39 Å². The molecule has 0 heterocycles. The number of hydrogen-bond donors (Lipinski definition) is 0. The van der Waals surface area contributed by atoms with Crippen molar-refractivity contribution in [3.8, 4) is 0 Å². The average Bonchev–Trinajstić information content (AvgIpc) is 3.20. The number of benzene rings is 1. The van der Waals surface area contributed by atoms with Gasteiger partial charge in [0, 0.05) is 11.0 Å². The molecule has 2 heteroatoms. The van der Waals surface area contributed by atoms with E-state index in [1.165, 1.54) is 18.9 Å². The normalized spacial score (nSPS) is 31.4. The fraction of sp³-hybridized carbons (Fsp3) is 0.632. The first-order chi connectivity index (χ1) is 10.1. The van der Waals surface area contributed by atoms with Crippen LogP contribution in [0.3, 0.4) is 0 Å². The Morgan fingerprint density at radius 2 is 2.14 bits per heavy atom. The van der Waals surface area contributed by atoms with E-state index < -0.39 is 0 Å². The second-order valence-electron chi connectivity index (χ2n) is 7.16. The molecule has 0 aromatic heterocycles. The third-order valence-corrected chi connectivity index (χ3v) is 5.61. The van der Waals surface area contributed by atoms with Crippen LogP contribution in [-0.4, -0.2) is 5.78 Å². The third kappa shape index (κ3) is 2.65. The first-order valence-corrected chi connectivity index (χ1v) is 8.40. The van der Waals surface area contributed by atoms with E-state index in [1.807, 2.05) is 13.0 Å². The number of ketones is 1. The van der Waals surface area contributed by atoms with E-state index in [-0.39, 0.29) is 17.0 Å². The molecule has 1 aromatic carbocycles. The Morgan fingerprint density at radius 3 is 2.86 bits per heavy atom. The first-order valence-electron chi connectivity index (χ1n) is 8.40. The van der Waals surface area contributed by atoms with Gasteiger partial charge in [0.05, 0.1) is 0 Å². The predicted molar refractivity (Wildman–Crippen MR) is 82.9 cm³/mol. The van der Waals surface area contributed by atoms with E-state index in [2.05, 4.69) is 6.92 Å². The quantitative estimate of drug-likeness (QED) is 0.698. The molecule has 2 aliphatic rings. The molecular formula is C19H25FO. The van der Waals surface area contributed by atoms with Crippen LogP contribution < -0.4 is 0 Å². The molecule has 0 amide bonds. The fourth-order valence-electron chi connectivity index (χ4n) is 4.04. The molecule has 2 saturated carbocycles. The van der Waals surface area contributed by atoms with Gasteiger partial charge in [-0.2, -0.15) is 0 Å². The Labute approximate surface area is 126 Å². The number of aryl methyl sites for hydroxylation is 1. The standard InChI is InChI=1S/C19H25FO/c1-3-4-14-6-7-15(11-17(14)20)18(21)19-10-9-13(2)5-8-16(19)12-19/h6-7,11,13,16H,3-5,8-10,12H2,1-2H3. The lowest BCUT2D eigenvalue weighted by molar-refractivity contribution is 0.0877. The van der Waals surface area contributed by atoms with Crippen LogP contribution in [0, 0.1) is 23.1 Å². The number of fused-ring (bicyclic) bond motifs is 1. The monoisotopic (exact) mass is 288 g/mol. The zero-order valence-electron chi connectivity index (χ0n) is 13.1. The highest BCUT2D eigenvalue weighted by Crippen LogP contribution is 2.62. The topological polar surface area (TPSA) is 17.1 Å². The van der Waals surface area contributed by atoms with Gasteiger partial charge in [0.25, 0.3) is 0 Å². The highest BCUT2D eigenvalue weighted by molar-refractivity contribution is 6.02. The molecule has 3 atom stereocenters. The van der Waals surface area contributed by atoms with Crippen molar-refractivity contribution < 1.29 is 9.18 Å². The maximum atomic E-state index is 14.1. The summed E-state index contributed by atoms with van der Waals surface area (Å²) in [4.78, 5) is 12.9. The van der Waals surface area contributed by atoms with Gasteiger partial charge in [0.1, 0.15) is 5.82 Å². The van der Waals surface area contributed by atoms with Crippen LogP contribution in [-0.2, 0) is 6.42 Å². The van der Waals surface area contributed by atoms with E-state index in [4.69, 9.17) is 0 Å². The van der Waals surface area contributed by atoms with Crippen LogP contribution in [0.1, 0.15) is 68.3 Å². The summed E-state index contributed by atoms with van der Waals surface area (Å²) in [7, 11) is 0. The Morgan fingerprint density at radius 1 is 1.33 bits per heavy atom. The molecule has 2 aliphatic carbocycles.